The second-order valence-corrected chi connectivity index (χ2v) is 7.88. The highest BCUT2D eigenvalue weighted by molar-refractivity contribution is 7.15. The first-order valence-electron chi connectivity index (χ1n) is 8.25. The van der Waals surface area contributed by atoms with Crippen LogP contribution in [0.25, 0.3) is 4.96 Å². The number of rotatable bonds is 4. The van der Waals surface area contributed by atoms with Crippen LogP contribution < -0.4 is 5.32 Å². The quantitative estimate of drug-likeness (QED) is 0.941. The molecule has 5 rings (SSSR count). The lowest BCUT2D eigenvalue weighted by Gasteiger charge is -2.40. The lowest BCUT2D eigenvalue weighted by atomic mass is 10.0. The van der Waals surface area contributed by atoms with Crippen molar-refractivity contribution in [2.24, 2.45) is 11.8 Å². The van der Waals surface area contributed by atoms with Crippen molar-refractivity contribution >= 4 is 16.3 Å². The monoisotopic (exact) mass is 302 g/mol. The standard InChI is InChI=1S/C16H22N4S/c1-2-11(1)14-10-20(15(7-17-14)12-3-4-12)9-13-8-19-5-6-21-16(19)18-13/h5-6,8,11-12,14-15,17H,1-4,7,9-10H2. The first kappa shape index (κ1) is 12.6. The van der Waals surface area contributed by atoms with E-state index in [0.717, 1.165) is 35.4 Å². The molecule has 3 heterocycles. The van der Waals surface area contributed by atoms with Gasteiger partial charge in [-0.15, -0.1) is 11.3 Å². The summed E-state index contributed by atoms with van der Waals surface area (Å²) in [7, 11) is 0. The minimum absolute atomic E-state index is 0.726. The van der Waals surface area contributed by atoms with Crippen LogP contribution in [0.15, 0.2) is 17.8 Å². The van der Waals surface area contributed by atoms with Gasteiger partial charge in [0.25, 0.3) is 0 Å². The average molecular weight is 302 g/mol. The third-order valence-electron chi connectivity index (χ3n) is 5.35. The second-order valence-electron chi connectivity index (χ2n) is 7.01. The molecule has 0 bridgehead atoms. The predicted molar refractivity (Wildman–Crippen MR) is 84.5 cm³/mol. The Morgan fingerprint density at radius 3 is 2.86 bits per heavy atom. The molecule has 3 fully saturated rings. The number of nitrogens with one attached hydrogen (secondary N) is 1. The molecule has 5 heteroatoms. The Hall–Kier alpha value is -0.910. The van der Waals surface area contributed by atoms with Crippen LogP contribution in [0.3, 0.4) is 0 Å². The van der Waals surface area contributed by atoms with Gasteiger partial charge in [0.1, 0.15) is 0 Å². The van der Waals surface area contributed by atoms with Crippen LogP contribution in [0.4, 0.5) is 0 Å². The topological polar surface area (TPSA) is 32.6 Å². The third kappa shape index (κ3) is 2.41. The Balaban J connectivity index is 1.36. The molecule has 2 aromatic heterocycles. The molecule has 2 unspecified atom stereocenters. The lowest BCUT2D eigenvalue weighted by molar-refractivity contribution is 0.0992. The summed E-state index contributed by atoms with van der Waals surface area (Å²) in [6, 6.07) is 1.46. The van der Waals surface area contributed by atoms with Crippen molar-refractivity contribution in [3.05, 3.63) is 23.5 Å². The van der Waals surface area contributed by atoms with Gasteiger partial charge in [-0.05, 0) is 37.5 Å². The summed E-state index contributed by atoms with van der Waals surface area (Å²) in [4.78, 5) is 8.64. The maximum atomic E-state index is 4.79. The molecule has 0 amide bonds. The average Bonchev–Trinajstić information content (AvgIpc) is 3.38. The molecule has 1 N–H and O–H groups in total. The van der Waals surface area contributed by atoms with E-state index >= 15 is 0 Å². The molecule has 21 heavy (non-hydrogen) atoms. The number of thiazole rings is 1. The number of piperazine rings is 1. The lowest BCUT2D eigenvalue weighted by Crippen LogP contribution is -2.57. The molecule has 0 radical (unpaired) electrons. The minimum atomic E-state index is 0.726. The number of hydrogen-bond acceptors (Lipinski definition) is 4. The van der Waals surface area contributed by atoms with Crippen LogP contribution in [0.1, 0.15) is 31.4 Å². The number of hydrogen-bond donors (Lipinski definition) is 1. The minimum Gasteiger partial charge on any atom is -0.311 e. The van der Waals surface area contributed by atoms with Gasteiger partial charge in [-0.1, -0.05) is 0 Å². The van der Waals surface area contributed by atoms with Gasteiger partial charge in [-0.25, -0.2) is 4.98 Å². The van der Waals surface area contributed by atoms with Crippen LogP contribution in [0.5, 0.6) is 0 Å². The molecule has 0 aromatic carbocycles. The van der Waals surface area contributed by atoms with Crippen molar-refractivity contribution in [1.29, 1.82) is 0 Å². The number of nitrogens with zero attached hydrogens (tertiary/aromatic N) is 3. The highest BCUT2D eigenvalue weighted by Gasteiger charge is 2.42. The first-order chi connectivity index (χ1) is 10.4. The fourth-order valence-electron chi connectivity index (χ4n) is 3.86. The maximum absolute atomic E-state index is 4.79. The van der Waals surface area contributed by atoms with E-state index in [0.29, 0.717) is 0 Å². The summed E-state index contributed by atoms with van der Waals surface area (Å²) in [5.41, 5.74) is 1.24. The zero-order valence-corrected chi connectivity index (χ0v) is 13.1. The Labute approximate surface area is 129 Å². The summed E-state index contributed by atoms with van der Waals surface area (Å²) in [6.45, 7) is 3.44. The van der Waals surface area contributed by atoms with Crippen molar-refractivity contribution < 1.29 is 0 Å². The Bertz CT molecular complexity index is 611. The summed E-state index contributed by atoms with van der Waals surface area (Å²) >= 11 is 1.73. The highest BCUT2D eigenvalue weighted by Crippen LogP contribution is 2.40. The molecule has 0 spiro atoms. The van der Waals surface area contributed by atoms with Crippen molar-refractivity contribution in [2.45, 2.75) is 44.3 Å². The zero-order valence-electron chi connectivity index (χ0n) is 12.2. The number of imidazole rings is 1. The van der Waals surface area contributed by atoms with Crippen LogP contribution in [-0.2, 0) is 6.54 Å². The van der Waals surface area contributed by atoms with Crippen LogP contribution in [-0.4, -0.2) is 39.5 Å². The summed E-state index contributed by atoms with van der Waals surface area (Å²) in [6.07, 6.45) is 10.0. The van der Waals surface area contributed by atoms with Gasteiger partial charge in [0.15, 0.2) is 4.96 Å². The molecule has 2 aliphatic carbocycles. The molecular formula is C16H22N4S. The van der Waals surface area contributed by atoms with Gasteiger partial charge < -0.3 is 5.32 Å². The van der Waals surface area contributed by atoms with Crippen LogP contribution in [0, 0.1) is 11.8 Å². The van der Waals surface area contributed by atoms with E-state index < -0.39 is 0 Å². The normalized spacial score (nSPS) is 31.0. The number of fused-ring (bicyclic) bond motifs is 1. The number of aromatic nitrogens is 2. The van der Waals surface area contributed by atoms with E-state index in [2.05, 4.69) is 32.4 Å². The van der Waals surface area contributed by atoms with Gasteiger partial charge in [-0.3, -0.25) is 9.30 Å². The molecule has 2 saturated carbocycles. The predicted octanol–water partition coefficient (Wildman–Crippen LogP) is 2.36. The smallest absolute Gasteiger partial charge is 0.193 e. The molecular weight excluding hydrogens is 280 g/mol. The van der Waals surface area contributed by atoms with Gasteiger partial charge in [-0.2, -0.15) is 0 Å². The largest absolute Gasteiger partial charge is 0.311 e. The SMILES string of the molecule is c1cn2cc(CN3CC(C4CC4)NCC3C3CC3)nc2s1. The van der Waals surface area contributed by atoms with Crippen molar-refractivity contribution in [1.82, 2.24) is 19.6 Å². The first-order valence-corrected chi connectivity index (χ1v) is 9.13. The molecule has 4 nitrogen and oxygen atoms in total. The van der Waals surface area contributed by atoms with Crippen LogP contribution >= 0.6 is 11.3 Å². The Kier molecular flexibility index (Phi) is 2.88. The maximum Gasteiger partial charge on any atom is 0.193 e. The fraction of sp³-hybridized carbons (Fsp3) is 0.688. The summed E-state index contributed by atoms with van der Waals surface area (Å²) in [5, 5.41) is 5.93. The molecule has 3 aliphatic rings. The second kappa shape index (κ2) is 4.80. The van der Waals surface area contributed by atoms with E-state index in [-0.39, 0.29) is 0 Å². The van der Waals surface area contributed by atoms with Crippen molar-refractivity contribution in [3.8, 4) is 0 Å². The highest BCUT2D eigenvalue weighted by atomic mass is 32.1. The Morgan fingerprint density at radius 1 is 1.24 bits per heavy atom. The van der Waals surface area contributed by atoms with Gasteiger partial charge >= 0.3 is 0 Å². The molecule has 1 aliphatic heterocycles. The van der Waals surface area contributed by atoms with Crippen molar-refractivity contribution in [2.75, 3.05) is 13.1 Å². The van der Waals surface area contributed by atoms with E-state index in [1.54, 1.807) is 11.3 Å². The van der Waals surface area contributed by atoms with Gasteiger partial charge in [0.2, 0.25) is 0 Å². The van der Waals surface area contributed by atoms with E-state index in [4.69, 9.17) is 4.98 Å². The summed E-state index contributed by atoms with van der Waals surface area (Å²) < 4.78 is 2.16. The van der Waals surface area contributed by atoms with E-state index in [9.17, 15) is 0 Å². The Morgan fingerprint density at radius 2 is 2.10 bits per heavy atom. The molecule has 1 saturated heterocycles. The summed E-state index contributed by atoms with van der Waals surface area (Å²) in [5.74, 6) is 1.87. The molecule has 112 valence electrons. The zero-order chi connectivity index (χ0) is 13.8. The van der Waals surface area contributed by atoms with Gasteiger partial charge in [0.05, 0.1) is 5.69 Å². The molecule has 2 aromatic rings. The van der Waals surface area contributed by atoms with Crippen molar-refractivity contribution in [3.63, 3.8) is 0 Å². The fourth-order valence-corrected chi connectivity index (χ4v) is 4.58. The van der Waals surface area contributed by atoms with E-state index in [1.807, 2.05) is 0 Å². The third-order valence-corrected chi connectivity index (χ3v) is 6.13. The van der Waals surface area contributed by atoms with Crippen LogP contribution in [0.2, 0.25) is 0 Å². The van der Waals surface area contributed by atoms with E-state index in [1.165, 1.54) is 44.5 Å². The molecule has 2 atom stereocenters. The van der Waals surface area contributed by atoms with Gasteiger partial charge in [0, 0.05) is 49.5 Å².